The number of rotatable bonds is 2. The molecule has 0 unspecified atom stereocenters. The fourth-order valence-corrected chi connectivity index (χ4v) is 2.48. The quantitative estimate of drug-likeness (QED) is 0.881. The van der Waals surface area contributed by atoms with Gasteiger partial charge in [-0.1, -0.05) is 37.0 Å². The first-order valence-electron chi connectivity index (χ1n) is 6.04. The van der Waals surface area contributed by atoms with E-state index in [0.29, 0.717) is 28.8 Å². The van der Waals surface area contributed by atoms with E-state index < -0.39 is 5.60 Å². The summed E-state index contributed by atoms with van der Waals surface area (Å²) in [5.41, 5.74) is -0.231. The number of amides is 2. The maximum atomic E-state index is 11.9. The molecule has 0 spiro atoms. The molecule has 0 saturated carbocycles. The molecular formula is C13H16Cl2N2O2. The van der Waals surface area contributed by atoms with E-state index in [0.717, 1.165) is 0 Å². The van der Waals surface area contributed by atoms with Crippen molar-refractivity contribution in [2.75, 3.05) is 18.4 Å². The van der Waals surface area contributed by atoms with Crippen molar-refractivity contribution in [1.29, 1.82) is 0 Å². The number of urea groups is 1. The van der Waals surface area contributed by atoms with Gasteiger partial charge >= 0.3 is 6.03 Å². The highest BCUT2D eigenvalue weighted by Crippen LogP contribution is 2.29. The number of likely N-dealkylation sites (tertiary alicyclic amines) is 1. The molecule has 4 nitrogen and oxygen atoms in total. The van der Waals surface area contributed by atoms with Crippen LogP contribution in [0.3, 0.4) is 0 Å². The van der Waals surface area contributed by atoms with E-state index >= 15 is 0 Å². The van der Waals surface area contributed by atoms with Gasteiger partial charge in [-0.05, 0) is 24.1 Å². The van der Waals surface area contributed by atoms with E-state index in [4.69, 9.17) is 23.2 Å². The highest BCUT2D eigenvalue weighted by atomic mass is 35.5. The van der Waals surface area contributed by atoms with E-state index in [1.165, 1.54) is 0 Å². The number of halogens is 2. The van der Waals surface area contributed by atoms with Gasteiger partial charge < -0.3 is 15.3 Å². The van der Waals surface area contributed by atoms with Gasteiger partial charge in [0.25, 0.3) is 0 Å². The van der Waals surface area contributed by atoms with Gasteiger partial charge in [0.15, 0.2) is 0 Å². The summed E-state index contributed by atoms with van der Waals surface area (Å²) in [6.07, 6.45) is 0. The average molecular weight is 303 g/mol. The molecule has 1 aromatic carbocycles. The zero-order valence-corrected chi connectivity index (χ0v) is 12.3. The largest absolute Gasteiger partial charge is 0.386 e. The first-order valence-corrected chi connectivity index (χ1v) is 6.80. The summed E-state index contributed by atoms with van der Waals surface area (Å²) < 4.78 is 0. The summed E-state index contributed by atoms with van der Waals surface area (Å²) in [6.45, 7) is 4.55. The summed E-state index contributed by atoms with van der Waals surface area (Å²) in [6, 6.07) is 4.59. The van der Waals surface area contributed by atoms with Crippen molar-refractivity contribution in [3.8, 4) is 0 Å². The molecule has 0 bridgehead atoms. The maximum absolute atomic E-state index is 11.9. The zero-order valence-electron chi connectivity index (χ0n) is 10.8. The smallest absolute Gasteiger partial charge is 0.322 e. The lowest BCUT2D eigenvalue weighted by molar-refractivity contribution is -0.105. The number of aliphatic hydroxyl groups is 1. The van der Waals surface area contributed by atoms with Gasteiger partial charge in [-0.15, -0.1) is 0 Å². The van der Waals surface area contributed by atoms with Crippen LogP contribution < -0.4 is 5.32 Å². The number of benzene rings is 1. The third-order valence-corrected chi connectivity index (χ3v) is 3.84. The van der Waals surface area contributed by atoms with Gasteiger partial charge in [0.05, 0.1) is 13.1 Å². The standard InChI is InChI=1S/C13H16Cl2N2O2/c1-8(2)13(19)6-17(7-13)12(18)16-11-4-9(14)3-10(15)5-11/h3-5,8,19H,6-7H2,1-2H3,(H,16,18). The Morgan fingerprint density at radius 1 is 1.32 bits per heavy atom. The summed E-state index contributed by atoms with van der Waals surface area (Å²) in [4.78, 5) is 13.5. The first kappa shape index (κ1) is 14.4. The van der Waals surface area contributed by atoms with Crippen LogP contribution >= 0.6 is 23.2 Å². The molecule has 1 aliphatic rings. The number of nitrogens with zero attached hydrogens (tertiary/aromatic N) is 1. The molecule has 0 radical (unpaired) electrons. The Hall–Kier alpha value is -0.970. The van der Waals surface area contributed by atoms with Crippen LogP contribution in [0.4, 0.5) is 10.5 Å². The fraction of sp³-hybridized carbons (Fsp3) is 0.462. The molecule has 0 aliphatic carbocycles. The van der Waals surface area contributed by atoms with Crippen molar-refractivity contribution >= 4 is 34.9 Å². The number of hydrogen-bond acceptors (Lipinski definition) is 2. The summed E-state index contributed by atoms with van der Waals surface area (Å²) in [5.74, 6) is 0.122. The van der Waals surface area contributed by atoms with Crippen LogP contribution in [0.2, 0.25) is 10.0 Å². The lowest BCUT2D eigenvalue weighted by atomic mass is 9.83. The molecule has 104 valence electrons. The third-order valence-electron chi connectivity index (χ3n) is 3.41. The second kappa shape index (κ2) is 5.19. The van der Waals surface area contributed by atoms with Crippen molar-refractivity contribution in [3.05, 3.63) is 28.2 Å². The second-order valence-corrected chi connectivity index (χ2v) is 6.08. The fourth-order valence-electron chi connectivity index (χ4n) is 1.95. The van der Waals surface area contributed by atoms with Crippen molar-refractivity contribution in [1.82, 2.24) is 4.90 Å². The zero-order chi connectivity index (χ0) is 14.2. The van der Waals surface area contributed by atoms with Gasteiger partial charge in [0.1, 0.15) is 5.60 Å². The maximum Gasteiger partial charge on any atom is 0.322 e. The second-order valence-electron chi connectivity index (χ2n) is 5.20. The SMILES string of the molecule is CC(C)C1(O)CN(C(=O)Nc2cc(Cl)cc(Cl)c2)C1. The number of anilines is 1. The van der Waals surface area contributed by atoms with E-state index in [2.05, 4.69) is 5.32 Å². The Balaban J connectivity index is 1.96. The van der Waals surface area contributed by atoms with Crippen molar-refractivity contribution in [2.45, 2.75) is 19.4 Å². The van der Waals surface area contributed by atoms with E-state index in [-0.39, 0.29) is 11.9 Å². The minimum absolute atomic E-state index is 0.122. The average Bonchev–Trinajstić information content (AvgIpc) is 2.22. The van der Waals surface area contributed by atoms with Crippen molar-refractivity contribution in [2.24, 2.45) is 5.92 Å². The van der Waals surface area contributed by atoms with Crippen molar-refractivity contribution in [3.63, 3.8) is 0 Å². The molecule has 2 rings (SSSR count). The Morgan fingerprint density at radius 3 is 2.32 bits per heavy atom. The number of carbonyl (C=O) groups is 1. The molecule has 1 saturated heterocycles. The highest BCUT2D eigenvalue weighted by Gasteiger charge is 2.45. The Morgan fingerprint density at radius 2 is 1.84 bits per heavy atom. The topological polar surface area (TPSA) is 52.6 Å². The molecular weight excluding hydrogens is 287 g/mol. The van der Waals surface area contributed by atoms with Crippen LogP contribution in [0.1, 0.15) is 13.8 Å². The first-order chi connectivity index (χ1) is 8.80. The van der Waals surface area contributed by atoms with Crippen LogP contribution in [0.15, 0.2) is 18.2 Å². The van der Waals surface area contributed by atoms with Gasteiger partial charge in [-0.3, -0.25) is 0 Å². The van der Waals surface area contributed by atoms with Gasteiger partial charge in [0.2, 0.25) is 0 Å². The molecule has 1 fully saturated rings. The number of β-amino-alcohol motifs (C(OH)–C–C–N with tert-alkyl or cyclic N) is 1. The van der Waals surface area contributed by atoms with Gasteiger partial charge in [-0.25, -0.2) is 4.79 Å². The molecule has 0 atom stereocenters. The lowest BCUT2D eigenvalue weighted by Crippen LogP contribution is -2.66. The summed E-state index contributed by atoms with van der Waals surface area (Å²) in [7, 11) is 0. The van der Waals surface area contributed by atoms with Crippen LogP contribution in [0.25, 0.3) is 0 Å². The number of nitrogens with one attached hydrogen (secondary N) is 1. The number of hydrogen-bond donors (Lipinski definition) is 2. The molecule has 1 aliphatic heterocycles. The predicted molar refractivity (Wildman–Crippen MR) is 76.8 cm³/mol. The van der Waals surface area contributed by atoms with Crippen LogP contribution in [-0.4, -0.2) is 34.7 Å². The predicted octanol–water partition coefficient (Wildman–Crippen LogP) is 3.23. The molecule has 6 heteroatoms. The Bertz CT molecular complexity index is 479. The van der Waals surface area contributed by atoms with E-state index in [9.17, 15) is 9.90 Å². The Kier molecular flexibility index (Phi) is 3.95. The molecule has 2 amide bonds. The van der Waals surface area contributed by atoms with Crippen molar-refractivity contribution < 1.29 is 9.90 Å². The number of carbonyl (C=O) groups excluding carboxylic acids is 1. The van der Waals surface area contributed by atoms with Crippen LogP contribution in [-0.2, 0) is 0 Å². The normalized spacial score (nSPS) is 17.3. The van der Waals surface area contributed by atoms with E-state index in [1.54, 1.807) is 23.1 Å². The van der Waals surface area contributed by atoms with Gasteiger partial charge in [0, 0.05) is 15.7 Å². The van der Waals surface area contributed by atoms with Crippen LogP contribution in [0.5, 0.6) is 0 Å². The lowest BCUT2D eigenvalue weighted by Gasteiger charge is -2.48. The van der Waals surface area contributed by atoms with Gasteiger partial charge in [-0.2, -0.15) is 0 Å². The molecule has 19 heavy (non-hydrogen) atoms. The third kappa shape index (κ3) is 3.14. The minimum atomic E-state index is -0.774. The molecule has 2 N–H and O–H groups in total. The molecule has 0 aromatic heterocycles. The Labute approximate surface area is 122 Å². The molecule has 1 heterocycles. The summed E-state index contributed by atoms with van der Waals surface area (Å²) in [5, 5.41) is 13.7. The minimum Gasteiger partial charge on any atom is -0.386 e. The highest BCUT2D eigenvalue weighted by molar-refractivity contribution is 6.35. The molecule has 1 aromatic rings. The van der Waals surface area contributed by atoms with E-state index in [1.807, 2.05) is 13.8 Å². The van der Waals surface area contributed by atoms with Crippen LogP contribution in [0, 0.1) is 5.92 Å². The summed E-state index contributed by atoms with van der Waals surface area (Å²) >= 11 is 11.7. The monoisotopic (exact) mass is 302 g/mol.